The Morgan fingerprint density at radius 2 is 2.12 bits per heavy atom. The first-order chi connectivity index (χ1) is 12.2. The van der Waals surface area contributed by atoms with E-state index >= 15 is 0 Å². The number of benzene rings is 1. The van der Waals surface area contributed by atoms with Gasteiger partial charge in [-0.2, -0.15) is 4.98 Å². The van der Waals surface area contributed by atoms with Crippen LogP contribution in [-0.2, 0) is 16.0 Å². The van der Waals surface area contributed by atoms with Gasteiger partial charge in [0.05, 0.1) is 0 Å². The van der Waals surface area contributed by atoms with Gasteiger partial charge in [-0.05, 0) is 25.7 Å². The second kappa shape index (κ2) is 8.41. The number of hydrogen-bond acceptors (Lipinski definition) is 5. The molecule has 0 aliphatic carbocycles. The average molecular weight is 342 g/mol. The Balaban J connectivity index is 1.44. The van der Waals surface area contributed by atoms with Gasteiger partial charge in [0.15, 0.2) is 0 Å². The van der Waals surface area contributed by atoms with Crippen molar-refractivity contribution in [1.82, 2.24) is 20.8 Å². The summed E-state index contributed by atoms with van der Waals surface area (Å²) in [7, 11) is 0. The first kappa shape index (κ1) is 17.1. The number of aryl methyl sites for hydroxylation is 1. The van der Waals surface area contributed by atoms with Crippen molar-refractivity contribution in [1.29, 1.82) is 0 Å². The van der Waals surface area contributed by atoms with Crippen LogP contribution in [0.1, 0.15) is 38.0 Å². The fraction of sp³-hybridized carbons (Fsp3) is 0.444. The summed E-state index contributed by atoms with van der Waals surface area (Å²) in [6.45, 7) is 0.687. The largest absolute Gasteiger partial charge is 0.354 e. The summed E-state index contributed by atoms with van der Waals surface area (Å²) in [5, 5.41) is 9.58. The molecule has 132 valence electrons. The molecule has 1 aromatic heterocycles. The Hall–Kier alpha value is -2.70. The molecular weight excluding hydrogens is 320 g/mol. The molecule has 7 nitrogen and oxygen atoms in total. The van der Waals surface area contributed by atoms with Crippen molar-refractivity contribution in [3.63, 3.8) is 0 Å². The molecule has 1 saturated heterocycles. The lowest BCUT2D eigenvalue weighted by Crippen LogP contribution is -2.45. The van der Waals surface area contributed by atoms with E-state index in [-0.39, 0.29) is 11.8 Å². The van der Waals surface area contributed by atoms with Crippen LogP contribution in [-0.4, -0.2) is 34.5 Å². The molecule has 3 rings (SSSR count). The smallest absolute Gasteiger partial charge is 0.242 e. The van der Waals surface area contributed by atoms with Gasteiger partial charge in [-0.15, -0.1) is 0 Å². The van der Waals surface area contributed by atoms with E-state index in [1.807, 2.05) is 30.3 Å². The second-order valence-corrected chi connectivity index (χ2v) is 6.14. The van der Waals surface area contributed by atoms with Gasteiger partial charge in [0.1, 0.15) is 6.04 Å². The third kappa shape index (κ3) is 4.89. The highest BCUT2D eigenvalue weighted by atomic mass is 16.5. The van der Waals surface area contributed by atoms with Crippen molar-refractivity contribution in [2.24, 2.45) is 0 Å². The minimum atomic E-state index is -0.414. The summed E-state index contributed by atoms with van der Waals surface area (Å²) in [5.74, 6) is 0.856. The Morgan fingerprint density at radius 1 is 1.28 bits per heavy atom. The lowest BCUT2D eigenvalue weighted by Gasteiger charge is -2.14. The first-order valence-corrected chi connectivity index (χ1v) is 8.67. The van der Waals surface area contributed by atoms with Crippen molar-refractivity contribution < 1.29 is 14.1 Å². The minimum Gasteiger partial charge on any atom is -0.354 e. The highest BCUT2D eigenvalue weighted by Crippen LogP contribution is 2.15. The SMILES string of the molecule is O=C(CCCc1nc(-c2ccccc2)no1)N[C@@H]1CCCCNC1=O. The van der Waals surface area contributed by atoms with Crippen LogP contribution in [0.15, 0.2) is 34.9 Å². The molecule has 0 radical (unpaired) electrons. The van der Waals surface area contributed by atoms with E-state index in [9.17, 15) is 9.59 Å². The van der Waals surface area contributed by atoms with E-state index in [0.717, 1.165) is 18.4 Å². The monoisotopic (exact) mass is 342 g/mol. The molecule has 2 heterocycles. The number of hydrogen-bond donors (Lipinski definition) is 2. The van der Waals surface area contributed by atoms with E-state index in [1.54, 1.807) is 0 Å². The summed E-state index contributed by atoms with van der Waals surface area (Å²) >= 11 is 0. The molecule has 1 aromatic carbocycles. The number of carbonyl (C=O) groups is 2. The molecule has 1 atom stereocenters. The number of carbonyl (C=O) groups excluding carboxylic acids is 2. The number of nitrogens with zero attached hydrogens (tertiary/aromatic N) is 2. The summed E-state index contributed by atoms with van der Waals surface area (Å²) in [6.07, 6.45) is 4.04. The summed E-state index contributed by atoms with van der Waals surface area (Å²) in [6, 6.07) is 9.18. The van der Waals surface area contributed by atoms with Gasteiger partial charge in [-0.25, -0.2) is 0 Å². The van der Waals surface area contributed by atoms with Gasteiger partial charge >= 0.3 is 0 Å². The molecule has 2 N–H and O–H groups in total. The van der Waals surface area contributed by atoms with Crippen molar-refractivity contribution in [3.05, 3.63) is 36.2 Å². The zero-order valence-electron chi connectivity index (χ0n) is 14.0. The fourth-order valence-corrected chi connectivity index (χ4v) is 2.80. The maximum atomic E-state index is 12.0. The normalized spacial score (nSPS) is 17.6. The van der Waals surface area contributed by atoms with Gasteiger partial charge in [0.2, 0.25) is 23.5 Å². The van der Waals surface area contributed by atoms with Crippen molar-refractivity contribution in [2.75, 3.05) is 6.54 Å². The molecule has 25 heavy (non-hydrogen) atoms. The number of rotatable bonds is 6. The predicted molar refractivity (Wildman–Crippen MR) is 91.5 cm³/mol. The summed E-state index contributed by atoms with van der Waals surface area (Å²) in [5.41, 5.74) is 0.898. The van der Waals surface area contributed by atoms with E-state index in [1.165, 1.54) is 0 Å². The topological polar surface area (TPSA) is 97.1 Å². The van der Waals surface area contributed by atoms with Crippen LogP contribution in [0, 0.1) is 0 Å². The Morgan fingerprint density at radius 3 is 2.96 bits per heavy atom. The van der Waals surface area contributed by atoms with E-state index < -0.39 is 6.04 Å². The standard InChI is InChI=1S/C18H22N4O3/c23-15(20-14-9-4-5-12-19-18(14)24)10-6-11-16-21-17(22-25-16)13-7-2-1-3-8-13/h1-3,7-8,14H,4-6,9-12H2,(H,19,24)(H,20,23)/t14-/m1/s1. The minimum absolute atomic E-state index is 0.0877. The first-order valence-electron chi connectivity index (χ1n) is 8.67. The molecule has 0 unspecified atom stereocenters. The van der Waals surface area contributed by atoms with Crippen LogP contribution in [0.2, 0.25) is 0 Å². The molecule has 1 aliphatic rings. The third-order valence-electron chi connectivity index (χ3n) is 4.17. The summed E-state index contributed by atoms with van der Waals surface area (Å²) in [4.78, 5) is 28.2. The van der Waals surface area contributed by atoms with Gasteiger partial charge in [-0.1, -0.05) is 35.5 Å². The van der Waals surface area contributed by atoms with Crippen molar-refractivity contribution in [3.8, 4) is 11.4 Å². The van der Waals surface area contributed by atoms with E-state index in [0.29, 0.717) is 43.9 Å². The number of nitrogens with one attached hydrogen (secondary N) is 2. The van der Waals surface area contributed by atoms with Crippen LogP contribution in [0.3, 0.4) is 0 Å². The van der Waals surface area contributed by atoms with Crippen molar-refractivity contribution >= 4 is 11.8 Å². The van der Waals surface area contributed by atoms with Crippen LogP contribution < -0.4 is 10.6 Å². The van der Waals surface area contributed by atoms with Gasteiger partial charge in [0, 0.05) is 24.9 Å². The molecular formula is C18H22N4O3. The predicted octanol–water partition coefficient (Wildman–Crippen LogP) is 1.84. The molecule has 0 spiro atoms. The number of aromatic nitrogens is 2. The molecule has 2 amide bonds. The lowest BCUT2D eigenvalue weighted by molar-refractivity contribution is -0.128. The molecule has 7 heteroatoms. The van der Waals surface area contributed by atoms with Crippen LogP contribution in [0.25, 0.3) is 11.4 Å². The highest BCUT2D eigenvalue weighted by Gasteiger charge is 2.22. The third-order valence-corrected chi connectivity index (χ3v) is 4.17. The molecule has 0 saturated carbocycles. The Kier molecular flexibility index (Phi) is 5.77. The van der Waals surface area contributed by atoms with Gasteiger partial charge < -0.3 is 15.2 Å². The Labute approximate surface area is 146 Å². The lowest BCUT2D eigenvalue weighted by atomic mass is 10.1. The maximum Gasteiger partial charge on any atom is 0.242 e. The van der Waals surface area contributed by atoms with E-state index in [2.05, 4.69) is 20.8 Å². The highest BCUT2D eigenvalue weighted by molar-refractivity contribution is 5.87. The average Bonchev–Trinajstić information content (AvgIpc) is 3.01. The maximum absolute atomic E-state index is 12.0. The van der Waals surface area contributed by atoms with Crippen LogP contribution in [0.4, 0.5) is 0 Å². The zero-order chi connectivity index (χ0) is 17.5. The second-order valence-electron chi connectivity index (χ2n) is 6.14. The number of amides is 2. The summed E-state index contributed by atoms with van der Waals surface area (Å²) < 4.78 is 5.23. The van der Waals surface area contributed by atoms with Gasteiger partial charge in [-0.3, -0.25) is 9.59 Å². The van der Waals surface area contributed by atoms with Crippen LogP contribution >= 0.6 is 0 Å². The fourth-order valence-electron chi connectivity index (χ4n) is 2.80. The molecule has 2 aromatic rings. The molecule has 1 fully saturated rings. The quantitative estimate of drug-likeness (QED) is 0.835. The molecule has 1 aliphatic heterocycles. The van der Waals surface area contributed by atoms with Gasteiger partial charge in [0.25, 0.3) is 0 Å². The molecule has 0 bridgehead atoms. The van der Waals surface area contributed by atoms with E-state index in [4.69, 9.17) is 4.52 Å². The van der Waals surface area contributed by atoms with Crippen LogP contribution in [0.5, 0.6) is 0 Å². The zero-order valence-corrected chi connectivity index (χ0v) is 14.0. The van der Waals surface area contributed by atoms with Crippen molar-refractivity contribution in [2.45, 2.75) is 44.6 Å². The Bertz CT molecular complexity index is 714.